The third-order valence-corrected chi connectivity index (χ3v) is 6.78. The Bertz CT molecular complexity index is 1060. The fourth-order valence-electron chi connectivity index (χ4n) is 5.01. The number of piperidine rings is 2. The monoisotopic (exact) mass is 465 g/mol. The molecule has 0 radical (unpaired) electrons. The van der Waals surface area contributed by atoms with Gasteiger partial charge in [0.25, 0.3) is 11.8 Å². The van der Waals surface area contributed by atoms with E-state index in [1.807, 2.05) is 32.0 Å². The summed E-state index contributed by atoms with van der Waals surface area (Å²) in [6.45, 7) is 5.98. The minimum atomic E-state index is -0.514. The second kappa shape index (κ2) is 10.4. The number of nitrogens with zero attached hydrogens (tertiary/aromatic N) is 2. The van der Waals surface area contributed by atoms with Crippen LogP contribution in [0.1, 0.15) is 57.5 Å². The smallest absolute Gasteiger partial charge is 0.256 e. The van der Waals surface area contributed by atoms with Gasteiger partial charge in [0.2, 0.25) is 5.91 Å². The lowest BCUT2D eigenvalue weighted by molar-refractivity contribution is -0.127. The van der Waals surface area contributed by atoms with Gasteiger partial charge in [-0.15, -0.1) is 0 Å². The van der Waals surface area contributed by atoms with E-state index in [1.54, 1.807) is 21.9 Å². The van der Waals surface area contributed by atoms with Gasteiger partial charge < -0.3 is 15.1 Å². The van der Waals surface area contributed by atoms with Crippen LogP contribution in [-0.4, -0.2) is 59.7 Å². The van der Waals surface area contributed by atoms with Gasteiger partial charge >= 0.3 is 0 Å². The number of aryl methyl sites for hydroxylation is 2. The summed E-state index contributed by atoms with van der Waals surface area (Å²) in [5.74, 6) is -1.11. The van der Waals surface area contributed by atoms with Crippen LogP contribution in [0, 0.1) is 25.6 Å². The number of carbonyl (C=O) groups is 3. The number of rotatable bonds is 4. The average molecular weight is 466 g/mol. The molecule has 6 nitrogen and oxygen atoms in total. The molecule has 2 aromatic carbocycles. The SMILES string of the molecule is Cc1cc(C)cc(C(=O)N2CCCC(C(=O)NC3CCN(C(=O)c4ccccc4F)CC3)C2)c1. The topological polar surface area (TPSA) is 69.7 Å². The van der Waals surface area contributed by atoms with Crippen LogP contribution in [-0.2, 0) is 4.79 Å². The van der Waals surface area contributed by atoms with Crippen molar-refractivity contribution in [3.05, 3.63) is 70.5 Å². The quantitative estimate of drug-likeness (QED) is 0.748. The van der Waals surface area contributed by atoms with E-state index in [9.17, 15) is 18.8 Å². The Hall–Kier alpha value is -3.22. The summed E-state index contributed by atoms with van der Waals surface area (Å²) < 4.78 is 14.0. The fourth-order valence-corrected chi connectivity index (χ4v) is 5.01. The van der Waals surface area contributed by atoms with Crippen LogP contribution >= 0.6 is 0 Å². The van der Waals surface area contributed by atoms with Crippen molar-refractivity contribution in [1.82, 2.24) is 15.1 Å². The van der Waals surface area contributed by atoms with Crippen LogP contribution in [0.5, 0.6) is 0 Å². The number of halogens is 1. The van der Waals surface area contributed by atoms with Gasteiger partial charge in [0.15, 0.2) is 0 Å². The number of nitrogens with one attached hydrogen (secondary N) is 1. The molecule has 180 valence electrons. The van der Waals surface area contributed by atoms with E-state index >= 15 is 0 Å². The second-order valence-corrected chi connectivity index (χ2v) is 9.52. The molecule has 1 N–H and O–H groups in total. The van der Waals surface area contributed by atoms with Gasteiger partial charge in [0.1, 0.15) is 5.82 Å². The highest BCUT2D eigenvalue weighted by molar-refractivity contribution is 5.95. The normalized spacial score (nSPS) is 19.1. The lowest BCUT2D eigenvalue weighted by Gasteiger charge is -2.35. The molecule has 2 aromatic rings. The van der Waals surface area contributed by atoms with Gasteiger partial charge in [0, 0.05) is 37.8 Å². The van der Waals surface area contributed by atoms with Crippen LogP contribution in [0.15, 0.2) is 42.5 Å². The van der Waals surface area contributed by atoms with Crippen molar-refractivity contribution in [2.75, 3.05) is 26.2 Å². The molecule has 3 amide bonds. The molecule has 2 heterocycles. The minimum absolute atomic E-state index is 0.0238. The first-order valence-corrected chi connectivity index (χ1v) is 12.0. The standard InChI is InChI=1S/C27H32FN3O3/c1-18-14-19(2)16-21(15-18)26(33)31-11-5-6-20(17-31)25(32)29-22-9-12-30(13-10-22)27(34)23-7-3-4-8-24(23)28/h3-4,7-8,14-16,20,22H,5-6,9-13,17H2,1-2H3,(H,29,32). The van der Waals surface area contributed by atoms with Gasteiger partial charge in [-0.05, 0) is 63.8 Å². The number of amides is 3. The summed E-state index contributed by atoms with van der Waals surface area (Å²) in [5, 5.41) is 3.13. The number of likely N-dealkylation sites (tertiary alicyclic amines) is 2. The van der Waals surface area contributed by atoms with Gasteiger partial charge in [0.05, 0.1) is 11.5 Å². The molecular weight excluding hydrogens is 433 g/mol. The van der Waals surface area contributed by atoms with Crippen molar-refractivity contribution in [1.29, 1.82) is 0 Å². The van der Waals surface area contributed by atoms with E-state index < -0.39 is 5.82 Å². The Morgan fingerprint density at radius 3 is 2.24 bits per heavy atom. The fraction of sp³-hybridized carbons (Fsp3) is 0.444. The first-order valence-electron chi connectivity index (χ1n) is 12.0. The summed E-state index contributed by atoms with van der Waals surface area (Å²) in [5.41, 5.74) is 2.86. The summed E-state index contributed by atoms with van der Waals surface area (Å²) in [6.07, 6.45) is 2.81. The minimum Gasteiger partial charge on any atom is -0.353 e. The van der Waals surface area contributed by atoms with Gasteiger partial charge in [-0.3, -0.25) is 14.4 Å². The molecule has 0 spiro atoms. The lowest BCUT2D eigenvalue weighted by Crippen LogP contribution is -2.50. The van der Waals surface area contributed by atoms with E-state index in [-0.39, 0.29) is 35.2 Å². The van der Waals surface area contributed by atoms with Gasteiger partial charge in [-0.2, -0.15) is 0 Å². The largest absolute Gasteiger partial charge is 0.353 e. The highest BCUT2D eigenvalue weighted by atomic mass is 19.1. The third-order valence-electron chi connectivity index (χ3n) is 6.78. The van der Waals surface area contributed by atoms with Crippen LogP contribution in [0.25, 0.3) is 0 Å². The number of hydrogen-bond acceptors (Lipinski definition) is 3. The van der Waals surface area contributed by atoms with Gasteiger partial charge in [-0.25, -0.2) is 4.39 Å². The van der Waals surface area contributed by atoms with Crippen LogP contribution in [0.2, 0.25) is 0 Å². The maximum Gasteiger partial charge on any atom is 0.256 e. The van der Waals surface area contributed by atoms with Gasteiger partial charge in [-0.1, -0.05) is 29.3 Å². The van der Waals surface area contributed by atoms with Crippen molar-refractivity contribution in [3.8, 4) is 0 Å². The highest BCUT2D eigenvalue weighted by Crippen LogP contribution is 2.22. The van der Waals surface area contributed by atoms with Crippen molar-refractivity contribution < 1.29 is 18.8 Å². The van der Waals surface area contributed by atoms with E-state index in [0.29, 0.717) is 44.6 Å². The summed E-state index contributed by atoms with van der Waals surface area (Å²) >= 11 is 0. The molecule has 0 aromatic heterocycles. The Morgan fingerprint density at radius 1 is 0.882 bits per heavy atom. The molecule has 2 aliphatic rings. The van der Waals surface area contributed by atoms with E-state index in [0.717, 1.165) is 24.0 Å². The highest BCUT2D eigenvalue weighted by Gasteiger charge is 2.32. The maximum atomic E-state index is 14.0. The van der Waals surface area contributed by atoms with E-state index in [4.69, 9.17) is 0 Å². The first kappa shape index (κ1) is 23.9. The molecule has 7 heteroatoms. The zero-order chi connectivity index (χ0) is 24.2. The maximum absolute atomic E-state index is 14.0. The second-order valence-electron chi connectivity index (χ2n) is 9.52. The molecule has 2 fully saturated rings. The van der Waals surface area contributed by atoms with E-state index in [1.165, 1.54) is 12.1 Å². The predicted octanol–water partition coefficient (Wildman–Crippen LogP) is 3.72. The molecule has 0 bridgehead atoms. The lowest BCUT2D eigenvalue weighted by atomic mass is 9.95. The molecule has 4 rings (SSSR count). The van der Waals surface area contributed by atoms with Crippen LogP contribution in [0.4, 0.5) is 4.39 Å². The Labute approximate surface area is 200 Å². The molecule has 1 atom stereocenters. The first-order chi connectivity index (χ1) is 16.3. The Balaban J connectivity index is 1.30. The zero-order valence-corrected chi connectivity index (χ0v) is 19.9. The molecule has 2 saturated heterocycles. The Kier molecular flexibility index (Phi) is 7.29. The van der Waals surface area contributed by atoms with Crippen molar-refractivity contribution in [3.63, 3.8) is 0 Å². The average Bonchev–Trinajstić information content (AvgIpc) is 2.83. The number of hydrogen-bond donors (Lipinski definition) is 1. The summed E-state index contributed by atoms with van der Waals surface area (Å²) in [6, 6.07) is 11.8. The van der Waals surface area contributed by atoms with Crippen molar-refractivity contribution in [2.24, 2.45) is 5.92 Å². The van der Waals surface area contributed by atoms with Crippen LogP contribution in [0.3, 0.4) is 0 Å². The van der Waals surface area contributed by atoms with Crippen molar-refractivity contribution >= 4 is 17.7 Å². The van der Waals surface area contributed by atoms with Crippen molar-refractivity contribution in [2.45, 2.75) is 45.6 Å². The molecule has 0 aliphatic carbocycles. The zero-order valence-electron chi connectivity index (χ0n) is 19.9. The summed E-state index contributed by atoms with van der Waals surface area (Å²) in [7, 11) is 0. The summed E-state index contributed by atoms with van der Waals surface area (Å²) in [4.78, 5) is 42.1. The molecule has 1 unspecified atom stereocenters. The third kappa shape index (κ3) is 5.46. The number of carbonyl (C=O) groups excluding carboxylic acids is 3. The molecule has 2 aliphatic heterocycles. The predicted molar refractivity (Wildman–Crippen MR) is 128 cm³/mol. The molecule has 0 saturated carbocycles. The number of benzene rings is 2. The Morgan fingerprint density at radius 2 is 1.56 bits per heavy atom. The molecular formula is C27H32FN3O3. The molecule has 34 heavy (non-hydrogen) atoms. The van der Waals surface area contributed by atoms with Crippen LogP contribution < -0.4 is 5.32 Å². The van der Waals surface area contributed by atoms with E-state index in [2.05, 4.69) is 5.32 Å².